The molecule has 3 rings (SSSR count). The van der Waals surface area contributed by atoms with Crippen LogP contribution in [0.4, 0.5) is 5.82 Å². The lowest BCUT2D eigenvalue weighted by Gasteiger charge is -2.15. The van der Waals surface area contributed by atoms with Crippen molar-refractivity contribution in [2.75, 3.05) is 12.4 Å². The summed E-state index contributed by atoms with van der Waals surface area (Å²) in [4.78, 5) is 12.5. The fraction of sp³-hybridized carbons (Fsp3) is 0.200. The van der Waals surface area contributed by atoms with Gasteiger partial charge in [-0.25, -0.2) is 4.68 Å². The second-order valence-corrected chi connectivity index (χ2v) is 6.84. The van der Waals surface area contributed by atoms with Crippen LogP contribution in [0.25, 0.3) is 0 Å². The number of benzene rings is 2. The van der Waals surface area contributed by atoms with E-state index in [9.17, 15) is 4.79 Å². The van der Waals surface area contributed by atoms with E-state index in [0.717, 1.165) is 15.8 Å². The van der Waals surface area contributed by atoms with Crippen molar-refractivity contribution in [1.82, 2.24) is 9.78 Å². The van der Waals surface area contributed by atoms with E-state index >= 15 is 0 Å². The molecule has 1 atom stereocenters. The molecule has 1 aromatic heterocycles. The molecule has 0 radical (unpaired) electrons. The number of rotatable bonds is 7. The van der Waals surface area contributed by atoms with Crippen molar-refractivity contribution >= 4 is 27.7 Å². The molecule has 0 aliphatic carbocycles. The Morgan fingerprint density at radius 1 is 1.11 bits per heavy atom. The van der Waals surface area contributed by atoms with Crippen LogP contribution in [0.15, 0.2) is 65.3 Å². The highest BCUT2D eigenvalue weighted by atomic mass is 79.9. The third-order valence-electron chi connectivity index (χ3n) is 3.95. The molecule has 0 fully saturated rings. The van der Waals surface area contributed by atoms with Gasteiger partial charge in [0.1, 0.15) is 17.3 Å². The summed E-state index contributed by atoms with van der Waals surface area (Å²) in [5, 5.41) is 7.15. The molecule has 1 N–H and O–H groups in total. The first kappa shape index (κ1) is 19.0. The summed E-state index contributed by atoms with van der Waals surface area (Å²) in [5.41, 5.74) is 1.08. The number of halogens is 1. The molecule has 0 saturated heterocycles. The van der Waals surface area contributed by atoms with Crippen molar-refractivity contribution in [2.45, 2.75) is 19.6 Å². The number of carbonyl (C=O) groups excluding carboxylic acids is 1. The molecule has 27 heavy (non-hydrogen) atoms. The van der Waals surface area contributed by atoms with E-state index in [1.165, 1.54) is 0 Å². The Kier molecular flexibility index (Phi) is 6.13. The van der Waals surface area contributed by atoms with E-state index in [4.69, 9.17) is 9.47 Å². The van der Waals surface area contributed by atoms with Gasteiger partial charge in [0.15, 0.2) is 6.10 Å². The number of carbonyl (C=O) groups is 1. The SMILES string of the molecule is COc1ccc(OC(C)C(=O)Nc2ccnn2Cc2ccc(Br)cc2)cc1. The van der Waals surface area contributed by atoms with E-state index in [-0.39, 0.29) is 5.91 Å². The van der Waals surface area contributed by atoms with Gasteiger partial charge in [-0.1, -0.05) is 28.1 Å². The monoisotopic (exact) mass is 429 g/mol. The molecule has 0 aliphatic rings. The van der Waals surface area contributed by atoms with Crippen molar-refractivity contribution in [1.29, 1.82) is 0 Å². The summed E-state index contributed by atoms with van der Waals surface area (Å²) in [7, 11) is 1.60. The number of aromatic nitrogens is 2. The maximum absolute atomic E-state index is 12.5. The quantitative estimate of drug-likeness (QED) is 0.613. The first-order valence-electron chi connectivity index (χ1n) is 8.43. The van der Waals surface area contributed by atoms with Crippen molar-refractivity contribution in [3.8, 4) is 11.5 Å². The van der Waals surface area contributed by atoms with Gasteiger partial charge in [-0.05, 0) is 48.9 Å². The minimum absolute atomic E-state index is 0.247. The predicted octanol–water partition coefficient (Wildman–Crippen LogP) is 4.11. The van der Waals surface area contributed by atoms with Crippen molar-refractivity contribution in [3.63, 3.8) is 0 Å². The minimum atomic E-state index is -0.658. The fourth-order valence-corrected chi connectivity index (χ4v) is 2.73. The number of hydrogen-bond donors (Lipinski definition) is 1. The van der Waals surface area contributed by atoms with Gasteiger partial charge in [-0.3, -0.25) is 4.79 Å². The molecule has 0 saturated carbocycles. The molecule has 7 heteroatoms. The Bertz CT molecular complexity index is 892. The molecule has 3 aromatic rings. The molecule has 140 valence electrons. The van der Waals surface area contributed by atoms with Crippen LogP contribution in [0.2, 0.25) is 0 Å². The lowest BCUT2D eigenvalue weighted by Crippen LogP contribution is -2.31. The number of anilines is 1. The van der Waals surface area contributed by atoms with Gasteiger partial charge >= 0.3 is 0 Å². The summed E-state index contributed by atoms with van der Waals surface area (Å²) >= 11 is 3.42. The van der Waals surface area contributed by atoms with E-state index in [0.29, 0.717) is 18.1 Å². The summed E-state index contributed by atoms with van der Waals surface area (Å²) in [5.74, 6) is 1.70. The smallest absolute Gasteiger partial charge is 0.266 e. The molecule has 1 amide bonds. The second kappa shape index (κ2) is 8.73. The van der Waals surface area contributed by atoms with Crippen LogP contribution in [0.1, 0.15) is 12.5 Å². The zero-order valence-corrected chi connectivity index (χ0v) is 16.6. The van der Waals surface area contributed by atoms with Crippen LogP contribution >= 0.6 is 15.9 Å². The normalized spacial score (nSPS) is 11.7. The van der Waals surface area contributed by atoms with Crippen LogP contribution < -0.4 is 14.8 Å². The highest BCUT2D eigenvalue weighted by Gasteiger charge is 2.17. The Morgan fingerprint density at radius 3 is 2.44 bits per heavy atom. The van der Waals surface area contributed by atoms with Gasteiger partial charge in [-0.15, -0.1) is 0 Å². The number of hydrogen-bond acceptors (Lipinski definition) is 4. The molecule has 1 unspecified atom stereocenters. The topological polar surface area (TPSA) is 65.4 Å². The summed E-state index contributed by atoms with van der Waals surface area (Å²) in [6.07, 6.45) is 0.998. The highest BCUT2D eigenvalue weighted by molar-refractivity contribution is 9.10. The van der Waals surface area contributed by atoms with Gasteiger partial charge in [0.2, 0.25) is 0 Å². The second-order valence-electron chi connectivity index (χ2n) is 5.93. The standard InChI is InChI=1S/C20H20BrN3O3/c1-14(27-18-9-7-17(26-2)8-10-18)20(25)23-19-11-12-22-24(19)13-15-3-5-16(21)6-4-15/h3-12,14H,13H2,1-2H3,(H,23,25). The van der Waals surface area contributed by atoms with Crippen molar-refractivity contribution < 1.29 is 14.3 Å². The number of nitrogens with one attached hydrogen (secondary N) is 1. The van der Waals surface area contributed by atoms with Crippen LogP contribution in [0, 0.1) is 0 Å². The van der Waals surface area contributed by atoms with Gasteiger partial charge in [-0.2, -0.15) is 5.10 Å². The lowest BCUT2D eigenvalue weighted by molar-refractivity contribution is -0.122. The molecule has 0 aliphatic heterocycles. The number of nitrogens with zero attached hydrogens (tertiary/aromatic N) is 2. The van der Waals surface area contributed by atoms with Crippen molar-refractivity contribution in [2.24, 2.45) is 0 Å². The Morgan fingerprint density at radius 2 is 1.78 bits per heavy atom. The highest BCUT2D eigenvalue weighted by Crippen LogP contribution is 2.19. The number of ether oxygens (including phenoxy) is 2. The molecule has 6 nitrogen and oxygen atoms in total. The zero-order valence-electron chi connectivity index (χ0n) is 15.1. The van der Waals surface area contributed by atoms with Crippen molar-refractivity contribution in [3.05, 3.63) is 70.8 Å². The number of amides is 1. The van der Waals surface area contributed by atoms with Crippen LogP contribution in [0.5, 0.6) is 11.5 Å². The third-order valence-corrected chi connectivity index (χ3v) is 4.48. The Hall–Kier alpha value is -2.80. The van der Waals surface area contributed by atoms with E-state index < -0.39 is 6.10 Å². The molecule has 0 bridgehead atoms. The predicted molar refractivity (Wildman–Crippen MR) is 107 cm³/mol. The summed E-state index contributed by atoms with van der Waals surface area (Å²) in [6.45, 7) is 2.26. The first-order valence-corrected chi connectivity index (χ1v) is 9.22. The fourth-order valence-electron chi connectivity index (χ4n) is 2.47. The molecule has 0 spiro atoms. The van der Waals surface area contributed by atoms with Gasteiger partial charge < -0.3 is 14.8 Å². The van der Waals surface area contributed by atoms with Crippen LogP contribution in [-0.4, -0.2) is 28.9 Å². The molecular formula is C20H20BrN3O3. The first-order chi connectivity index (χ1) is 13.0. The molecular weight excluding hydrogens is 410 g/mol. The molecule has 1 heterocycles. The van der Waals surface area contributed by atoms with E-state index in [1.54, 1.807) is 55.2 Å². The average molecular weight is 430 g/mol. The van der Waals surface area contributed by atoms with Gasteiger partial charge in [0, 0.05) is 10.5 Å². The average Bonchev–Trinajstić information content (AvgIpc) is 3.10. The van der Waals surface area contributed by atoms with Gasteiger partial charge in [0.05, 0.1) is 19.9 Å². The van der Waals surface area contributed by atoms with E-state index in [2.05, 4.69) is 26.3 Å². The van der Waals surface area contributed by atoms with Crippen LogP contribution in [-0.2, 0) is 11.3 Å². The molecule has 2 aromatic carbocycles. The summed E-state index contributed by atoms with van der Waals surface area (Å²) in [6, 6.07) is 16.8. The Balaban J connectivity index is 1.61. The van der Waals surface area contributed by atoms with E-state index in [1.807, 2.05) is 24.3 Å². The zero-order chi connectivity index (χ0) is 19.2. The van der Waals surface area contributed by atoms with Gasteiger partial charge in [0.25, 0.3) is 5.91 Å². The minimum Gasteiger partial charge on any atom is -0.497 e. The largest absolute Gasteiger partial charge is 0.497 e. The maximum atomic E-state index is 12.5. The summed E-state index contributed by atoms with van der Waals surface area (Å²) < 4.78 is 13.6. The number of methoxy groups -OCH3 is 1. The van der Waals surface area contributed by atoms with Crippen LogP contribution in [0.3, 0.4) is 0 Å². The lowest BCUT2D eigenvalue weighted by atomic mass is 10.2. The third kappa shape index (κ3) is 5.10. The maximum Gasteiger partial charge on any atom is 0.266 e. The Labute approximate surface area is 166 Å².